The minimum Gasteiger partial charge on any atom is -0.369 e. The molecule has 1 aromatic carbocycles. The zero-order chi connectivity index (χ0) is 20.6. The number of benzene rings is 1. The van der Waals surface area contributed by atoms with Gasteiger partial charge in [0.25, 0.3) is 0 Å². The monoisotopic (exact) mass is 414 g/mol. The third-order valence-electron chi connectivity index (χ3n) is 5.11. The fourth-order valence-corrected chi connectivity index (χ4v) is 3.54. The second kappa shape index (κ2) is 10.1. The van der Waals surface area contributed by atoms with Crippen molar-refractivity contribution in [3.05, 3.63) is 58.7 Å². The van der Waals surface area contributed by atoms with Gasteiger partial charge in [-0.25, -0.2) is 4.98 Å². The van der Waals surface area contributed by atoms with E-state index in [4.69, 9.17) is 17.3 Å². The van der Waals surface area contributed by atoms with Gasteiger partial charge in [0.2, 0.25) is 5.91 Å². The molecule has 1 fully saturated rings. The maximum Gasteiger partial charge on any atom is 0.220 e. The first-order valence-corrected chi connectivity index (χ1v) is 10.1. The SMILES string of the molecule is CN=C(NCc1ccc(Cl)cc1)NCc1cccnc1N1CCC(C(N)=O)CC1. The number of piperidine rings is 1. The van der Waals surface area contributed by atoms with E-state index in [2.05, 4.69) is 31.6 Å². The number of pyridine rings is 1. The summed E-state index contributed by atoms with van der Waals surface area (Å²) in [6.45, 7) is 2.80. The number of aromatic nitrogens is 1. The van der Waals surface area contributed by atoms with Crippen LogP contribution in [0.2, 0.25) is 5.02 Å². The number of nitrogens with zero attached hydrogens (tertiary/aromatic N) is 3. The van der Waals surface area contributed by atoms with Crippen molar-refractivity contribution >= 4 is 29.3 Å². The zero-order valence-corrected chi connectivity index (χ0v) is 17.3. The Kier molecular flexibility index (Phi) is 7.30. The van der Waals surface area contributed by atoms with E-state index in [9.17, 15) is 4.79 Å². The summed E-state index contributed by atoms with van der Waals surface area (Å²) >= 11 is 5.93. The summed E-state index contributed by atoms with van der Waals surface area (Å²) in [5.74, 6) is 1.41. The summed E-state index contributed by atoms with van der Waals surface area (Å²) in [4.78, 5) is 22.5. The van der Waals surface area contributed by atoms with E-state index >= 15 is 0 Å². The van der Waals surface area contributed by atoms with Gasteiger partial charge in [-0.05, 0) is 36.6 Å². The van der Waals surface area contributed by atoms with Gasteiger partial charge in [0, 0.05) is 55.9 Å². The fraction of sp³-hybridized carbons (Fsp3) is 0.381. The Bertz CT molecular complexity index is 847. The van der Waals surface area contributed by atoms with Gasteiger partial charge < -0.3 is 21.3 Å². The van der Waals surface area contributed by atoms with Gasteiger partial charge in [0.05, 0.1) is 0 Å². The van der Waals surface area contributed by atoms with Gasteiger partial charge in [-0.2, -0.15) is 0 Å². The van der Waals surface area contributed by atoms with Gasteiger partial charge in [-0.15, -0.1) is 0 Å². The van der Waals surface area contributed by atoms with Crippen LogP contribution in [0.3, 0.4) is 0 Å². The number of hydrogen-bond acceptors (Lipinski definition) is 4. The van der Waals surface area contributed by atoms with Crippen molar-refractivity contribution in [1.82, 2.24) is 15.6 Å². The number of amides is 1. The molecule has 2 aromatic rings. The highest BCUT2D eigenvalue weighted by Gasteiger charge is 2.24. The molecule has 0 spiro atoms. The third-order valence-corrected chi connectivity index (χ3v) is 5.36. The smallest absolute Gasteiger partial charge is 0.220 e. The molecule has 7 nitrogen and oxygen atoms in total. The topological polar surface area (TPSA) is 95.6 Å². The van der Waals surface area contributed by atoms with Crippen molar-refractivity contribution in [2.24, 2.45) is 16.6 Å². The lowest BCUT2D eigenvalue weighted by Gasteiger charge is -2.32. The van der Waals surface area contributed by atoms with Gasteiger partial charge in [0.15, 0.2) is 5.96 Å². The van der Waals surface area contributed by atoms with E-state index in [0.717, 1.165) is 47.9 Å². The average Bonchev–Trinajstić information content (AvgIpc) is 2.75. The molecule has 4 N–H and O–H groups in total. The molecule has 1 aliphatic rings. The Hall–Kier alpha value is -2.80. The molecular formula is C21H27ClN6O. The lowest BCUT2D eigenvalue weighted by Crippen LogP contribution is -2.40. The molecule has 0 saturated carbocycles. The Labute approximate surface area is 176 Å². The van der Waals surface area contributed by atoms with E-state index in [1.54, 1.807) is 13.2 Å². The molecule has 8 heteroatoms. The standard InChI is InChI=1S/C21H27ClN6O/c1-24-21(26-13-15-4-6-18(22)7-5-15)27-14-17-3-2-10-25-20(17)28-11-8-16(9-12-28)19(23)29/h2-7,10,16H,8-9,11-14H2,1H3,(H2,23,29)(H2,24,26,27). The molecule has 0 aliphatic carbocycles. The minimum atomic E-state index is -0.205. The average molecular weight is 415 g/mol. The van der Waals surface area contributed by atoms with E-state index in [-0.39, 0.29) is 11.8 Å². The first-order valence-electron chi connectivity index (χ1n) is 9.74. The second-order valence-corrected chi connectivity index (χ2v) is 7.49. The molecule has 0 radical (unpaired) electrons. The summed E-state index contributed by atoms with van der Waals surface area (Å²) in [6, 6.07) is 11.7. The van der Waals surface area contributed by atoms with E-state index in [1.165, 1.54) is 0 Å². The third kappa shape index (κ3) is 5.84. The number of carbonyl (C=O) groups excluding carboxylic acids is 1. The molecule has 154 valence electrons. The summed E-state index contributed by atoms with van der Waals surface area (Å²) in [6.07, 6.45) is 3.33. The van der Waals surface area contributed by atoms with Crippen molar-refractivity contribution in [2.75, 3.05) is 25.0 Å². The van der Waals surface area contributed by atoms with Crippen LogP contribution in [0.4, 0.5) is 5.82 Å². The van der Waals surface area contributed by atoms with Crippen LogP contribution in [0.25, 0.3) is 0 Å². The van der Waals surface area contributed by atoms with Crippen molar-refractivity contribution < 1.29 is 4.79 Å². The Morgan fingerprint density at radius 1 is 1.21 bits per heavy atom. The van der Waals surface area contributed by atoms with Crippen molar-refractivity contribution in [1.29, 1.82) is 0 Å². The van der Waals surface area contributed by atoms with Gasteiger partial charge in [0.1, 0.15) is 5.82 Å². The molecule has 1 saturated heterocycles. The number of aliphatic imine (C=N–C) groups is 1. The number of carbonyl (C=O) groups is 1. The molecule has 3 rings (SSSR count). The summed E-state index contributed by atoms with van der Waals surface area (Å²) in [5, 5.41) is 7.37. The normalized spacial score (nSPS) is 15.2. The summed E-state index contributed by atoms with van der Waals surface area (Å²) < 4.78 is 0. The molecule has 2 heterocycles. The minimum absolute atomic E-state index is 0.0348. The lowest BCUT2D eigenvalue weighted by molar-refractivity contribution is -0.122. The molecule has 1 aromatic heterocycles. The van der Waals surface area contributed by atoms with E-state index in [1.807, 2.05) is 30.3 Å². The van der Waals surface area contributed by atoms with Gasteiger partial charge >= 0.3 is 0 Å². The van der Waals surface area contributed by atoms with Crippen LogP contribution in [0.1, 0.15) is 24.0 Å². The first kappa shape index (κ1) is 20.9. The van der Waals surface area contributed by atoms with Crippen molar-refractivity contribution in [3.63, 3.8) is 0 Å². The number of guanidine groups is 1. The number of halogens is 1. The predicted octanol–water partition coefficient (Wildman–Crippen LogP) is 2.30. The highest BCUT2D eigenvalue weighted by molar-refractivity contribution is 6.30. The van der Waals surface area contributed by atoms with Crippen LogP contribution in [0.5, 0.6) is 0 Å². The quantitative estimate of drug-likeness (QED) is 0.498. The molecule has 1 aliphatic heterocycles. The van der Waals surface area contributed by atoms with Crippen LogP contribution in [-0.2, 0) is 17.9 Å². The van der Waals surface area contributed by atoms with Crippen molar-refractivity contribution in [3.8, 4) is 0 Å². The Morgan fingerprint density at radius 2 is 1.90 bits per heavy atom. The number of nitrogens with one attached hydrogen (secondary N) is 2. The first-order chi connectivity index (χ1) is 14.1. The summed E-state index contributed by atoms with van der Waals surface area (Å²) in [5.41, 5.74) is 7.65. The number of anilines is 1. The van der Waals surface area contributed by atoms with E-state index in [0.29, 0.717) is 19.0 Å². The van der Waals surface area contributed by atoms with Gasteiger partial charge in [-0.3, -0.25) is 9.79 Å². The van der Waals surface area contributed by atoms with E-state index < -0.39 is 0 Å². The van der Waals surface area contributed by atoms with Crippen LogP contribution in [-0.4, -0.2) is 37.0 Å². The largest absolute Gasteiger partial charge is 0.369 e. The summed E-state index contributed by atoms with van der Waals surface area (Å²) in [7, 11) is 1.75. The van der Waals surface area contributed by atoms with Crippen LogP contribution in [0.15, 0.2) is 47.6 Å². The molecule has 1 amide bonds. The highest BCUT2D eigenvalue weighted by atomic mass is 35.5. The van der Waals surface area contributed by atoms with Crippen LogP contribution < -0.4 is 21.3 Å². The lowest BCUT2D eigenvalue weighted by atomic mass is 9.96. The predicted molar refractivity (Wildman–Crippen MR) is 117 cm³/mol. The van der Waals surface area contributed by atoms with Crippen LogP contribution in [0, 0.1) is 5.92 Å². The fourth-order valence-electron chi connectivity index (χ4n) is 3.42. The number of nitrogens with two attached hydrogens (primary N) is 1. The Morgan fingerprint density at radius 3 is 2.55 bits per heavy atom. The zero-order valence-electron chi connectivity index (χ0n) is 16.6. The maximum absolute atomic E-state index is 11.4. The highest BCUT2D eigenvalue weighted by Crippen LogP contribution is 2.24. The molecule has 0 atom stereocenters. The number of hydrogen-bond donors (Lipinski definition) is 3. The van der Waals surface area contributed by atoms with Crippen LogP contribution >= 0.6 is 11.6 Å². The van der Waals surface area contributed by atoms with Gasteiger partial charge in [-0.1, -0.05) is 29.8 Å². The molecule has 0 bridgehead atoms. The Balaban J connectivity index is 1.57. The van der Waals surface area contributed by atoms with Crippen molar-refractivity contribution in [2.45, 2.75) is 25.9 Å². The number of primary amides is 1. The molecule has 0 unspecified atom stereocenters. The second-order valence-electron chi connectivity index (χ2n) is 7.06. The number of rotatable bonds is 6. The molecule has 29 heavy (non-hydrogen) atoms. The molecular weight excluding hydrogens is 388 g/mol. The maximum atomic E-state index is 11.4.